The minimum Gasteiger partial charge on any atom is -0.369 e. The molecule has 0 aliphatic heterocycles. The first-order chi connectivity index (χ1) is 12.4. The molecule has 3 atom stereocenters. The average Bonchev–Trinajstić information content (AvgIpc) is 2.63. The van der Waals surface area contributed by atoms with Crippen LogP contribution in [-0.4, -0.2) is 11.9 Å². The van der Waals surface area contributed by atoms with Crippen molar-refractivity contribution >= 4 is 5.91 Å². The van der Waals surface area contributed by atoms with Gasteiger partial charge < -0.3 is 11.5 Å². The van der Waals surface area contributed by atoms with Crippen molar-refractivity contribution in [2.45, 2.75) is 130 Å². The summed E-state index contributed by atoms with van der Waals surface area (Å²) in [4.78, 5) is 11.9. The Morgan fingerprint density at radius 3 is 1.54 bits per heavy atom. The van der Waals surface area contributed by atoms with Crippen LogP contribution in [0.2, 0.25) is 0 Å². The number of amides is 1. The van der Waals surface area contributed by atoms with Crippen LogP contribution in [0, 0.1) is 11.3 Å². The van der Waals surface area contributed by atoms with Gasteiger partial charge in [0.1, 0.15) is 0 Å². The lowest BCUT2D eigenvalue weighted by Gasteiger charge is -2.37. The first kappa shape index (κ1) is 25.4. The van der Waals surface area contributed by atoms with Gasteiger partial charge in [-0.25, -0.2) is 0 Å². The molecule has 0 heterocycles. The molecule has 0 aromatic carbocycles. The maximum atomic E-state index is 11.9. The maximum absolute atomic E-state index is 11.9. The van der Waals surface area contributed by atoms with Gasteiger partial charge in [0.05, 0.1) is 5.41 Å². The van der Waals surface area contributed by atoms with E-state index in [1.165, 1.54) is 83.5 Å². The normalized spacial score (nSPS) is 16.2. The molecule has 3 heteroatoms. The predicted molar refractivity (Wildman–Crippen MR) is 115 cm³/mol. The second-order valence-corrected chi connectivity index (χ2v) is 8.59. The quantitative estimate of drug-likeness (QED) is 0.277. The van der Waals surface area contributed by atoms with E-state index in [0.717, 1.165) is 12.8 Å². The maximum Gasteiger partial charge on any atom is 0.225 e. The van der Waals surface area contributed by atoms with Crippen molar-refractivity contribution in [3.05, 3.63) is 0 Å². The Labute approximate surface area is 164 Å². The van der Waals surface area contributed by atoms with E-state index in [-0.39, 0.29) is 17.9 Å². The molecule has 156 valence electrons. The van der Waals surface area contributed by atoms with Crippen LogP contribution in [0.15, 0.2) is 0 Å². The molecule has 26 heavy (non-hydrogen) atoms. The topological polar surface area (TPSA) is 69.1 Å². The van der Waals surface area contributed by atoms with Gasteiger partial charge in [0, 0.05) is 6.04 Å². The SMILES string of the molecule is CCCCCCCCCCCCCCCC(C)C(C)(C(N)=O)C(N)CC. The van der Waals surface area contributed by atoms with E-state index in [0.29, 0.717) is 0 Å². The van der Waals surface area contributed by atoms with E-state index in [2.05, 4.69) is 13.8 Å². The molecule has 0 aliphatic carbocycles. The highest BCUT2D eigenvalue weighted by atomic mass is 16.1. The summed E-state index contributed by atoms with van der Waals surface area (Å²) in [7, 11) is 0. The molecular weight excluding hydrogens is 320 g/mol. The molecule has 0 fully saturated rings. The fourth-order valence-electron chi connectivity index (χ4n) is 3.98. The van der Waals surface area contributed by atoms with Crippen molar-refractivity contribution in [2.75, 3.05) is 0 Å². The molecule has 0 saturated carbocycles. The van der Waals surface area contributed by atoms with E-state index in [9.17, 15) is 4.79 Å². The highest BCUT2D eigenvalue weighted by Gasteiger charge is 2.41. The van der Waals surface area contributed by atoms with Crippen LogP contribution in [0.25, 0.3) is 0 Å². The number of nitrogens with two attached hydrogens (primary N) is 2. The standard InChI is InChI=1S/C23H48N2O/c1-5-7-8-9-10-11-12-13-14-15-16-17-18-19-20(3)23(4,22(25)26)21(24)6-2/h20-21H,5-19,24H2,1-4H3,(H2,25,26). The molecule has 0 radical (unpaired) electrons. The number of hydrogen-bond acceptors (Lipinski definition) is 2. The number of carbonyl (C=O) groups is 1. The number of hydrogen-bond donors (Lipinski definition) is 2. The highest BCUT2D eigenvalue weighted by Crippen LogP contribution is 2.35. The van der Waals surface area contributed by atoms with Gasteiger partial charge in [0.15, 0.2) is 0 Å². The molecule has 0 saturated heterocycles. The zero-order valence-corrected chi connectivity index (χ0v) is 18.3. The predicted octanol–water partition coefficient (Wildman–Crippen LogP) is 6.33. The van der Waals surface area contributed by atoms with E-state index in [4.69, 9.17) is 11.5 Å². The molecule has 0 spiro atoms. The smallest absolute Gasteiger partial charge is 0.225 e. The minimum absolute atomic E-state index is 0.142. The minimum atomic E-state index is -0.578. The summed E-state index contributed by atoms with van der Waals surface area (Å²) >= 11 is 0. The van der Waals surface area contributed by atoms with Gasteiger partial charge in [-0.3, -0.25) is 4.79 Å². The van der Waals surface area contributed by atoms with Gasteiger partial charge in [-0.2, -0.15) is 0 Å². The van der Waals surface area contributed by atoms with Gasteiger partial charge in [-0.15, -0.1) is 0 Å². The van der Waals surface area contributed by atoms with Crippen LogP contribution in [0.1, 0.15) is 124 Å². The fraction of sp³-hybridized carbons (Fsp3) is 0.957. The fourth-order valence-corrected chi connectivity index (χ4v) is 3.98. The van der Waals surface area contributed by atoms with Gasteiger partial charge in [-0.1, -0.05) is 104 Å². The number of rotatable bonds is 18. The molecule has 0 aromatic rings. The second kappa shape index (κ2) is 15.5. The Morgan fingerprint density at radius 1 is 0.808 bits per heavy atom. The summed E-state index contributed by atoms with van der Waals surface area (Å²) in [5, 5.41) is 0. The summed E-state index contributed by atoms with van der Waals surface area (Å²) in [6.07, 6.45) is 19.6. The number of primary amides is 1. The average molecular weight is 369 g/mol. The Balaban J connectivity index is 3.66. The van der Waals surface area contributed by atoms with Crippen molar-refractivity contribution in [3.63, 3.8) is 0 Å². The van der Waals surface area contributed by atoms with E-state index in [1.807, 2.05) is 13.8 Å². The molecule has 0 aliphatic rings. The zero-order valence-electron chi connectivity index (χ0n) is 18.3. The third-order valence-electron chi connectivity index (χ3n) is 6.51. The van der Waals surface area contributed by atoms with Gasteiger partial charge in [0.25, 0.3) is 0 Å². The van der Waals surface area contributed by atoms with Crippen LogP contribution in [0.3, 0.4) is 0 Å². The first-order valence-electron chi connectivity index (χ1n) is 11.5. The molecule has 0 aromatic heterocycles. The van der Waals surface area contributed by atoms with Crippen LogP contribution in [-0.2, 0) is 4.79 Å². The monoisotopic (exact) mass is 368 g/mol. The lowest BCUT2D eigenvalue weighted by atomic mass is 9.69. The molecule has 1 amide bonds. The molecule has 4 N–H and O–H groups in total. The summed E-state index contributed by atoms with van der Waals surface area (Å²) in [6.45, 7) is 8.40. The van der Waals surface area contributed by atoms with E-state index >= 15 is 0 Å². The summed E-state index contributed by atoms with van der Waals surface area (Å²) < 4.78 is 0. The molecule has 0 bridgehead atoms. The van der Waals surface area contributed by atoms with Crippen molar-refractivity contribution in [1.29, 1.82) is 0 Å². The molecular formula is C23H48N2O. The van der Waals surface area contributed by atoms with Crippen LogP contribution in [0.5, 0.6) is 0 Å². The summed E-state index contributed by atoms with van der Waals surface area (Å²) in [5.41, 5.74) is 11.3. The number of carbonyl (C=O) groups excluding carboxylic acids is 1. The molecule has 3 unspecified atom stereocenters. The van der Waals surface area contributed by atoms with Crippen molar-refractivity contribution < 1.29 is 4.79 Å². The van der Waals surface area contributed by atoms with E-state index in [1.54, 1.807) is 0 Å². The number of unbranched alkanes of at least 4 members (excludes halogenated alkanes) is 12. The molecule has 3 nitrogen and oxygen atoms in total. The summed E-state index contributed by atoms with van der Waals surface area (Å²) in [5.74, 6) is 0.0108. The van der Waals surface area contributed by atoms with Crippen molar-refractivity contribution in [2.24, 2.45) is 22.8 Å². The van der Waals surface area contributed by atoms with Gasteiger partial charge in [-0.05, 0) is 25.7 Å². The third kappa shape index (κ3) is 9.94. The van der Waals surface area contributed by atoms with Crippen LogP contribution < -0.4 is 11.5 Å². The van der Waals surface area contributed by atoms with Crippen LogP contribution >= 0.6 is 0 Å². The Bertz CT molecular complexity index is 345. The lowest BCUT2D eigenvalue weighted by molar-refractivity contribution is -0.131. The largest absolute Gasteiger partial charge is 0.369 e. The van der Waals surface area contributed by atoms with Crippen molar-refractivity contribution in [1.82, 2.24) is 0 Å². The lowest BCUT2D eigenvalue weighted by Crippen LogP contribution is -2.52. The Hall–Kier alpha value is -0.570. The first-order valence-corrected chi connectivity index (χ1v) is 11.5. The van der Waals surface area contributed by atoms with E-state index < -0.39 is 5.41 Å². The Morgan fingerprint density at radius 2 is 1.19 bits per heavy atom. The molecule has 0 rings (SSSR count). The second-order valence-electron chi connectivity index (χ2n) is 8.59. The van der Waals surface area contributed by atoms with Crippen molar-refractivity contribution in [3.8, 4) is 0 Å². The third-order valence-corrected chi connectivity index (χ3v) is 6.51. The van der Waals surface area contributed by atoms with Crippen LogP contribution in [0.4, 0.5) is 0 Å². The highest BCUT2D eigenvalue weighted by molar-refractivity contribution is 5.81. The van der Waals surface area contributed by atoms with Gasteiger partial charge >= 0.3 is 0 Å². The zero-order chi connectivity index (χ0) is 19.8. The summed E-state index contributed by atoms with van der Waals surface area (Å²) in [6, 6.07) is -0.142. The van der Waals surface area contributed by atoms with Gasteiger partial charge in [0.2, 0.25) is 5.91 Å². The Kier molecular flexibility index (Phi) is 15.1.